The molecule has 2 heterocycles. The van der Waals surface area contributed by atoms with E-state index in [4.69, 9.17) is 0 Å². The number of carbonyl (C=O) groups excluding carboxylic acids is 1. The van der Waals surface area contributed by atoms with E-state index < -0.39 is 0 Å². The third kappa shape index (κ3) is 5.29. The monoisotopic (exact) mass is 435 g/mol. The van der Waals surface area contributed by atoms with Gasteiger partial charge in [0.05, 0.1) is 5.69 Å². The van der Waals surface area contributed by atoms with Crippen LogP contribution in [0.2, 0.25) is 0 Å². The maximum Gasteiger partial charge on any atom is 0.221 e. The number of likely N-dealkylation sites (tertiary alicyclic amines) is 1. The van der Waals surface area contributed by atoms with Gasteiger partial charge in [0.2, 0.25) is 5.91 Å². The molecular formula is C26H37N5O. The van der Waals surface area contributed by atoms with Gasteiger partial charge >= 0.3 is 0 Å². The highest BCUT2D eigenvalue weighted by Crippen LogP contribution is 2.56. The highest BCUT2D eigenvalue weighted by atomic mass is 16.1. The summed E-state index contributed by atoms with van der Waals surface area (Å²) in [5.41, 5.74) is 3.50. The Morgan fingerprint density at radius 1 is 1.12 bits per heavy atom. The average molecular weight is 436 g/mol. The van der Waals surface area contributed by atoms with Crippen LogP contribution in [0.25, 0.3) is 11.3 Å². The summed E-state index contributed by atoms with van der Waals surface area (Å²) >= 11 is 0. The number of nitrogens with one attached hydrogen (secondary N) is 1. The zero-order chi connectivity index (χ0) is 22.9. The number of anilines is 2. The minimum absolute atomic E-state index is 0.0710. The van der Waals surface area contributed by atoms with Gasteiger partial charge < -0.3 is 15.1 Å². The molecule has 6 heteroatoms. The Balaban J connectivity index is 1.32. The van der Waals surface area contributed by atoms with Crippen LogP contribution in [0, 0.1) is 10.8 Å². The van der Waals surface area contributed by atoms with E-state index >= 15 is 0 Å². The van der Waals surface area contributed by atoms with Crippen LogP contribution in [-0.2, 0) is 4.79 Å². The van der Waals surface area contributed by atoms with Gasteiger partial charge in [-0.2, -0.15) is 0 Å². The Labute approximate surface area is 192 Å². The second-order valence-electron chi connectivity index (χ2n) is 10.9. The first kappa shape index (κ1) is 22.7. The molecule has 1 N–H and O–H groups in total. The molecule has 1 aromatic heterocycles. The number of rotatable bonds is 6. The molecule has 4 rings (SSSR count). The molecule has 1 saturated heterocycles. The molecule has 1 aliphatic heterocycles. The molecular weight excluding hydrogens is 398 g/mol. The topological polar surface area (TPSA) is 61.4 Å². The van der Waals surface area contributed by atoms with Crippen LogP contribution >= 0.6 is 0 Å². The first-order chi connectivity index (χ1) is 15.2. The van der Waals surface area contributed by atoms with E-state index in [9.17, 15) is 4.79 Å². The van der Waals surface area contributed by atoms with Gasteiger partial charge in [-0.15, -0.1) is 10.2 Å². The third-order valence-corrected chi connectivity index (χ3v) is 7.16. The quantitative estimate of drug-likeness (QED) is 0.704. The van der Waals surface area contributed by atoms with Gasteiger partial charge in [0, 0.05) is 31.3 Å². The molecule has 1 aliphatic carbocycles. The normalized spacial score (nSPS) is 20.2. The Hall–Kier alpha value is -2.47. The van der Waals surface area contributed by atoms with E-state index in [1.54, 1.807) is 0 Å². The molecule has 0 unspecified atom stereocenters. The van der Waals surface area contributed by atoms with Crippen molar-refractivity contribution in [3.05, 3.63) is 36.4 Å². The van der Waals surface area contributed by atoms with Crippen LogP contribution in [0.4, 0.5) is 11.5 Å². The van der Waals surface area contributed by atoms with E-state index in [0.29, 0.717) is 16.9 Å². The molecule has 1 atom stereocenters. The van der Waals surface area contributed by atoms with Gasteiger partial charge in [-0.25, -0.2) is 0 Å². The van der Waals surface area contributed by atoms with E-state index in [0.717, 1.165) is 22.8 Å². The number of carbonyl (C=O) groups is 1. The van der Waals surface area contributed by atoms with Gasteiger partial charge in [-0.1, -0.05) is 32.9 Å². The van der Waals surface area contributed by atoms with Crippen molar-refractivity contribution in [2.75, 3.05) is 36.9 Å². The molecule has 0 bridgehead atoms. The highest BCUT2D eigenvalue weighted by molar-refractivity contribution is 5.88. The molecule has 6 nitrogen and oxygen atoms in total. The number of aromatic nitrogens is 2. The van der Waals surface area contributed by atoms with Crippen molar-refractivity contribution < 1.29 is 4.79 Å². The fourth-order valence-electron chi connectivity index (χ4n) is 4.88. The second-order valence-corrected chi connectivity index (χ2v) is 10.9. The van der Waals surface area contributed by atoms with Gasteiger partial charge in [0.15, 0.2) is 5.82 Å². The standard InChI is InChI=1S/C26H37N5O/c1-19(32)27-21-8-6-20(7-9-21)22-10-11-24(29-28-22)30(5)23-18-26(23)13-16-31(17-14-26)15-12-25(2,3)4/h6-11,23H,12-18H2,1-5H3,(H,27,32)/t23-/m1/s1. The Morgan fingerprint density at radius 2 is 1.81 bits per heavy atom. The third-order valence-electron chi connectivity index (χ3n) is 7.16. The molecule has 0 radical (unpaired) electrons. The maximum atomic E-state index is 11.2. The Kier molecular flexibility index (Phi) is 6.26. The number of hydrogen-bond donors (Lipinski definition) is 1. The van der Waals surface area contributed by atoms with Crippen LogP contribution < -0.4 is 10.2 Å². The number of hydrogen-bond acceptors (Lipinski definition) is 5. The predicted molar refractivity (Wildman–Crippen MR) is 131 cm³/mol. The van der Waals surface area contributed by atoms with Crippen LogP contribution in [0.3, 0.4) is 0 Å². The van der Waals surface area contributed by atoms with E-state index in [2.05, 4.69) is 59.2 Å². The summed E-state index contributed by atoms with van der Waals surface area (Å²) in [7, 11) is 2.16. The van der Waals surface area contributed by atoms with Crippen molar-refractivity contribution >= 4 is 17.4 Å². The summed E-state index contributed by atoms with van der Waals surface area (Å²) in [4.78, 5) is 16.2. The Morgan fingerprint density at radius 3 is 2.38 bits per heavy atom. The predicted octanol–water partition coefficient (Wildman–Crippen LogP) is 4.83. The van der Waals surface area contributed by atoms with E-state index in [1.807, 2.05) is 30.3 Å². The van der Waals surface area contributed by atoms with Crippen molar-refractivity contribution in [1.29, 1.82) is 0 Å². The molecule has 172 valence electrons. The SMILES string of the molecule is CC(=O)Nc1ccc(-c2ccc(N(C)[C@@H]3CC34CCN(CCC(C)(C)C)CC4)nn2)cc1. The summed E-state index contributed by atoms with van der Waals surface area (Å²) < 4.78 is 0. The lowest BCUT2D eigenvalue weighted by Gasteiger charge is -2.35. The number of amides is 1. The molecule has 1 spiro atoms. The highest BCUT2D eigenvalue weighted by Gasteiger charge is 2.57. The van der Waals surface area contributed by atoms with Gasteiger partial charge in [0.1, 0.15) is 0 Å². The molecule has 32 heavy (non-hydrogen) atoms. The van der Waals surface area contributed by atoms with Crippen molar-refractivity contribution in [3.63, 3.8) is 0 Å². The summed E-state index contributed by atoms with van der Waals surface area (Å²) in [6.45, 7) is 12.2. The average Bonchev–Trinajstić information content (AvgIpc) is 3.46. The minimum atomic E-state index is -0.0710. The van der Waals surface area contributed by atoms with Crippen LogP contribution in [0.1, 0.15) is 53.4 Å². The summed E-state index contributed by atoms with van der Waals surface area (Å²) in [5, 5.41) is 11.8. The molecule has 1 aromatic carbocycles. The molecule has 2 fully saturated rings. The van der Waals surface area contributed by atoms with Gasteiger partial charge in [-0.05, 0) is 80.4 Å². The second kappa shape index (κ2) is 8.81. The first-order valence-corrected chi connectivity index (χ1v) is 11.8. The van der Waals surface area contributed by atoms with Crippen LogP contribution in [0.15, 0.2) is 36.4 Å². The summed E-state index contributed by atoms with van der Waals surface area (Å²) in [5.74, 6) is 0.874. The van der Waals surface area contributed by atoms with Gasteiger partial charge in [-0.3, -0.25) is 4.79 Å². The fraction of sp³-hybridized carbons (Fsp3) is 0.577. The molecule has 1 amide bonds. The minimum Gasteiger partial charge on any atom is -0.355 e. The molecule has 1 saturated carbocycles. The maximum absolute atomic E-state index is 11.2. The number of piperidine rings is 1. The van der Waals surface area contributed by atoms with E-state index in [1.165, 1.54) is 52.2 Å². The van der Waals surface area contributed by atoms with Crippen molar-refractivity contribution in [1.82, 2.24) is 15.1 Å². The number of nitrogens with zero attached hydrogens (tertiary/aromatic N) is 4. The smallest absolute Gasteiger partial charge is 0.221 e. The number of benzene rings is 1. The fourth-order valence-corrected chi connectivity index (χ4v) is 4.88. The van der Waals surface area contributed by atoms with Crippen LogP contribution in [0.5, 0.6) is 0 Å². The van der Waals surface area contributed by atoms with Crippen LogP contribution in [-0.4, -0.2) is 53.7 Å². The first-order valence-electron chi connectivity index (χ1n) is 11.8. The lowest BCUT2D eigenvalue weighted by molar-refractivity contribution is -0.114. The van der Waals surface area contributed by atoms with E-state index in [-0.39, 0.29) is 5.91 Å². The van der Waals surface area contributed by atoms with Crippen molar-refractivity contribution in [3.8, 4) is 11.3 Å². The Bertz CT molecular complexity index is 924. The van der Waals surface area contributed by atoms with Crippen molar-refractivity contribution in [2.45, 2.75) is 59.4 Å². The van der Waals surface area contributed by atoms with Crippen molar-refractivity contribution in [2.24, 2.45) is 10.8 Å². The molecule has 2 aromatic rings. The summed E-state index contributed by atoms with van der Waals surface area (Å²) in [6.07, 6.45) is 5.11. The molecule has 2 aliphatic rings. The zero-order valence-electron chi connectivity index (χ0n) is 20.2. The van der Waals surface area contributed by atoms with Gasteiger partial charge in [0.25, 0.3) is 0 Å². The zero-order valence-corrected chi connectivity index (χ0v) is 20.2. The lowest BCUT2D eigenvalue weighted by atomic mass is 9.89. The largest absolute Gasteiger partial charge is 0.355 e. The lowest BCUT2D eigenvalue weighted by Crippen LogP contribution is -2.39. The summed E-state index contributed by atoms with van der Waals surface area (Å²) in [6, 6.07) is 12.4.